The predicted molar refractivity (Wildman–Crippen MR) is 71.2 cm³/mol. The van der Waals surface area contributed by atoms with E-state index in [-0.39, 0.29) is 0 Å². The van der Waals surface area contributed by atoms with Crippen LogP contribution >= 0.6 is 0 Å². The number of aromatic nitrogens is 3. The number of rotatable bonds is 5. The van der Waals surface area contributed by atoms with Gasteiger partial charge < -0.3 is 15.0 Å². The van der Waals surface area contributed by atoms with Crippen LogP contribution in [-0.4, -0.2) is 41.7 Å². The van der Waals surface area contributed by atoms with Gasteiger partial charge >= 0.3 is 6.01 Å². The molecule has 0 aromatic carbocycles. The van der Waals surface area contributed by atoms with Gasteiger partial charge in [-0.25, -0.2) is 0 Å². The zero-order valence-corrected chi connectivity index (χ0v) is 11.3. The third-order valence-corrected chi connectivity index (χ3v) is 2.76. The van der Waals surface area contributed by atoms with E-state index in [0.717, 1.165) is 13.1 Å². The van der Waals surface area contributed by atoms with Crippen molar-refractivity contribution in [3.63, 3.8) is 0 Å². The molecule has 1 aliphatic heterocycles. The fourth-order valence-corrected chi connectivity index (χ4v) is 1.82. The van der Waals surface area contributed by atoms with Crippen LogP contribution in [0.15, 0.2) is 0 Å². The first kappa shape index (κ1) is 12.9. The Labute approximate surface area is 108 Å². The SMILES string of the molecule is CNc1nc(OCC(C)C)nc(N2CCCC2)n1. The van der Waals surface area contributed by atoms with E-state index in [1.54, 1.807) is 7.05 Å². The summed E-state index contributed by atoms with van der Waals surface area (Å²) in [6.45, 7) is 6.84. The van der Waals surface area contributed by atoms with Crippen LogP contribution in [0.2, 0.25) is 0 Å². The topological polar surface area (TPSA) is 63.2 Å². The van der Waals surface area contributed by atoms with Crippen LogP contribution in [-0.2, 0) is 0 Å². The molecule has 2 heterocycles. The molecule has 1 aliphatic rings. The highest BCUT2D eigenvalue weighted by Gasteiger charge is 2.17. The second kappa shape index (κ2) is 5.84. The molecule has 6 nitrogen and oxygen atoms in total. The van der Waals surface area contributed by atoms with Crippen molar-refractivity contribution in [3.8, 4) is 6.01 Å². The molecule has 0 bridgehead atoms. The first-order valence-electron chi connectivity index (χ1n) is 6.50. The van der Waals surface area contributed by atoms with Gasteiger partial charge in [0.1, 0.15) is 0 Å². The normalized spacial score (nSPS) is 15.2. The largest absolute Gasteiger partial charge is 0.463 e. The molecule has 1 fully saturated rings. The lowest BCUT2D eigenvalue weighted by molar-refractivity contribution is 0.250. The fraction of sp³-hybridized carbons (Fsp3) is 0.750. The van der Waals surface area contributed by atoms with Gasteiger partial charge in [-0.1, -0.05) is 13.8 Å². The molecule has 1 N–H and O–H groups in total. The molecule has 0 saturated carbocycles. The second-order valence-electron chi connectivity index (χ2n) is 4.89. The minimum Gasteiger partial charge on any atom is -0.463 e. The van der Waals surface area contributed by atoms with Gasteiger partial charge in [0, 0.05) is 20.1 Å². The molecule has 100 valence electrons. The zero-order valence-electron chi connectivity index (χ0n) is 11.3. The molecular weight excluding hydrogens is 230 g/mol. The molecule has 0 amide bonds. The van der Waals surface area contributed by atoms with Gasteiger partial charge in [0.2, 0.25) is 11.9 Å². The van der Waals surface area contributed by atoms with E-state index >= 15 is 0 Å². The molecule has 0 unspecified atom stereocenters. The van der Waals surface area contributed by atoms with Crippen LogP contribution in [0.4, 0.5) is 11.9 Å². The van der Waals surface area contributed by atoms with Gasteiger partial charge in [0.15, 0.2) is 0 Å². The fourth-order valence-electron chi connectivity index (χ4n) is 1.82. The van der Waals surface area contributed by atoms with Crippen LogP contribution in [0.25, 0.3) is 0 Å². The van der Waals surface area contributed by atoms with E-state index in [1.807, 2.05) is 0 Å². The van der Waals surface area contributed by atoms with Crippen LogP contribution in [0.3, 0.4) is 0 Å². The average Bonchev–Trinajstić information content (AvgIpc) is 2.89. The van der Waals surface area contributed by atoms with E-state index in [0.29, 0.717) is 30.4 Å². The molecule has 2 rings (SSSR count). The van der Waals surface area contributed by atoms with Gasteiger partial charge in [-0.3, -0.25) is 0 Å². The van der Waals surface area contributed by atoms with E-state index in [4.69, 9.17) is 4.74 Å². The summed E-state index contributed by atoms with van der Waals surface area (Å²) in [5.41, 5.74) is 0. The smallest absolute Gasteiger partial charge is 0.323 e. The van der Waals surface area contributed by atoms with Gasteiger partial charge in [0.25, 0.3) is 0 Å². The predicted octanol–water partition coefficient (Wildman–Crippen LogP) is 1.55. The van der Waals surface area contributed by atoms with Crippen molar-refractivity contribution in [3.05, 3.63) is 0 Å². The van der Waals surface area contributed by atoms with Gasteiger partial charge in [0.05, 0.1) is 6.61 Å². The molecule has 0 radical (unpaired) electrons. The third-order valence-electron chi connectivity index (χ3n) is 2.76. The summed E-state index contributed by atoms with van der Waals surface area (Å²) in [7, 11) is 1.80. The molecule has 18 heavy (non-hydrogen) atoms. The standard InChI is InChI=1S/C12H21N5O/c1-9(2)8-18-12-15-10(13-3)14-11(16-12)17-6-4-5-7-17/h9H,4-8H2,1-3H3,(H,13,14,15,16). The zero-order chi connectivity index (χ0) is 13.0. The number of hydrogen-bond donors (Lipinski definition) is 1. The average molecular weight is 251 g/mol. The quantitative estimate of drug-likeness (QED) is 0.856. The molecule has 6 heteroatoms. The van der Waals surface area contributed by atoms with Crippen molar-refractivity contribution in [2.75, 3.05) is 37.0 Å². The minimum absolute atomic E-state index is 0.407. The number of nitrogens with zero attached hydrogens (tertiary/aromatic N) is 4. The number of hydrogen-bond acceptors (Lipinski definition) is 6. The lowest BCUT2D eigenvalue weighted by Crippen LogP contribution is -2.22. The van der Waals surface area contributed by atoms with Crippen molar-refractivity contribution in [1.29, 1.82) is 0 Å². The van der Waals surface area contributed by atoms with Gasteiger partial charge in [-0.15, -0.1) is 0 Å². The van der Waals surface area contributed by atoms with Crippen LogP contribution in [0, 0.1) is 5.92 Å². The molecule has 1 aromatic heterocycles. The molecule has 0 spiro atoms. The van der Waals surface area contributed by atoms with Crippen molar-refractivity contribution < 1.29 is 4.74 Å². The maximum Gasteiger partial charge on any atom is 0.323 e. The van der Waals surface area contributed by atoms with Crippen LogP contribution in [0.5, 0.6) is 6.01 Å². The second-order valence-corrected chi connectivity index (χ2v) is 4.89. The summed E-state index contributed by atoms with van der Waals surface area (Å²) >= 11 is 0. The highest BCUT2D eigenvalue weighted by molar-refractivity contribution is 5.38. The van der Waals surface area contributed by atoms with Crippen molar-refractivity contribution >= 4 is 11.9 Å². The van der Waals surface area contributed by atoms with Crippen LogP contribution < -0.4 is 15.0 Å². The Bertz CT molecular complexity index is 390. The Balaban J connectivity index is 2.15. The van der Waals surface area contributed by atoms with E-state index in [9.17, 15) is 0 Å². The summed E-state index contributed by atoms with van der Waals surface area (Å²) in [6.07, 6.45) is 2.39. The molecule has 0 atom stereocenters. The summed E-state index contributed by atoms with van der Waals surface area (Å²) in [5.74, 6) is 1.73. The maximum absolute atomic E-state index is 5.58. The third kappa shape index (κ3) is 3.21. The van der Waals surface area contributed by atoms with Crippen LogP contribution in [0.1, 0.15) is 26.7 Å². The van der Waals surface area contributed by atoms with Gasteiger partial charge in [-0.05, 0) is 18.8 Å². The first-order chi connectivity index (χ1) is 8.69. The molecule has 1 saturated heterocycles. The van der Waals surface area contributed by atoms with Crippen molar-refractivity contribution in [2.24, 2.45) is 5.92 Å². The summed E-state index contributed by atoms with van der Waals surface area (Å²) < 4.78 is 5.58. The summed E-state index contributed by atoms with van der Waals surface area (Å²) in [4.78, 5) is 15.1. The van der Waals surface area contributed by atoms with E-state index < -0.39 is 0 Å². The van der Waals surface area contributed by atoms with E-state index in [2.05, 4.69) is 39.0 Å². The number of anilines is 2. The highest BCUT2D eigenvalue weighted by Crippen LogP contribution is 2.19. The summed E-state index contributed by atoms with van der Waals surface area (Å²) in [5, 5.41) is 2.95. The van der Waals surface area contributed by atoms with E-state index in [1.165, 1.54) is 12.8 Å². The Morgan fingerprint density at radius 1 is 1.22 bits per heavy atom. The molecule has 0 aliphatic carbocycles. The minimum atomic E-state index is 0.407. The molecule has 1 aromatic rings. The van der Waals surface area contributed by atoms with Crippen molar-refractivity contribution in [1.82, 2.24) is 15.0 Å². The van der Waals surface area contributed by atoms with Crippen molar-refractivity contribution in [2.45, 2.75) is 26.7 Å². The number of ether oxygens (including phenoxy) is 1. The monoisotopic (exact) mass is 251 g/mol. The maximum atomic E-state index is 5.58. The highest BCUT2D eigenvalue weighted by atomic mass is 16.5. The Kier molecular flexibility index (Phi) is 4.17. The van der Waals surface area contributed by atoms with Gasteiger partial charge in [-0.2, -0.15) is 15.0 Å². The number of nitrogens with one attached hydrogen (secondary N) is 1. The summed E-state index contributed by atoms with van der Waals surface area (Å²) in [6, 6.07) is 0.407. The Morgan fingerprint density at radius 2 is 1.94 bits per heavy atom. The lowest BCUT2D eigenvalue weighted by Gasteiger charge is -2.16. The molecular formula is C12H21N5O. The Morgan fingerprint density at radius 3 is 2.56 bits per heavy atom. The first-order valence-corrected chi connectivity index (χ1v) is 6.50. The Hall–Kier alpha value is -1.59. The lowest BCUT2D eigenvalue weighted by atomic mass is 10.2.